The van der Waals surface area contributed by atoms with Gasteiger partial charge in [-0.15, -0.1) is 0 Å². The van der Waals surface area contributed by atoms with E-state index in [9.17, 15) is 14.4 Å². The van der Waals surface area contributed by atoms with Crippen molar-refractivity contribution in [3.8, 4) is 0 Å². The van der Waals surface area contributed by atoms with Gasteiger partial charge in [0.25, 0.3) is 0 Å². The molecule has 4 N–H and O–H groups in total. The highest BCUT2D eigenvalue weighted by molar-refractivity contribution is 5.91. The first-order valence-corrected chi connectivity index (χ1v) is 11.5. The first kappa shape index (κ1) is 27.1. The van der Waals surface area contributed by atoms with Crippen LogP contribution in [0.15, 0.2) is 12.2 Å². The normalized spacial score (nSPS) is 12.2. The van der Waals surface area contributed by atoms with E-state index in [0.717, 1.165) is 19.3 Å². The maximum absolute atomic E-state index is 11.8. The van der Waals surface area contributed by atoms with Gasteiger partial charge in [-0.1, -0.05) is 90.0 Å². The van der Waals surface area contributed by atoms with Crippen molar-refractivity contribution in [2.45, 2.75) is 116 Å². The van der Waals surface area contributed by atoms with E-state index in [4.69, 9.17) is 10.8 Å². The lowest BCUT2D eigenvalue weighted by molar-refractivity contribution is -0.141. The average Bonchev–Trinajstić information content (AvgIpc) is 2.67. The van der Waals surface area contributed by atoms with Gasteiger partial charge in [0.2, 0.25) is 11.8 Å². The Morgan fingerprint density at radius 3 is 1.79 bits per heavy atom. The molecule has 168 valence electrons. The monoisotopic (exact) mass is 410 g/mol. The molecule has 0 aromatic heterocycles. The summed E-state index contributed by atoms with van der Waals surface area (Å²) in [6.45, 7) is 2.25. The minimum absolute atomic E-state index is 0.00308. The molecule has 0 aliphatic heterocycles. The summed E-state index contributed by atoms with van der Waals surface area (Å²) in [5.74, 6) is -2.19. The quantitative estimate of drug-likeness (QED) is 0.197. The second kappa shape index (κ2) is 19.5. The standard InChI is InChI=1S/C23H42N2O4/c1-2-3-4-5-6-7-8-9-10-11-12-13-14-15-16-17-22(27)25-20(23(28)29)18-19-21(24)26/h16-17,20H,2-15,18-19H2,1H3,(H2,24,26)(H,25,27)(H,28,29)/t20-/m0/s1. The Balaban J connectivity index is 3.57. The summed E-state index contributed by atoms with van der Waals surface area (Å²) in [7, 11) is 0. The van der Waals surface area contributed by atoms with E-state index in [1.54, 1.807) is 6.08 Å². The second-order valence-electron chi connectivity index (χ2n) is 7.84. The van der Waals surface area contributed by atoms with Crippen LogP contribution in [0.2, 0.25) is 0 Å². The molecule has 0 radical (unpaired) electrons. The van der Waals surface area contributed by atoms with Crippen LogP contribution in [-0.2, 0) is 14.4 Å². The van der Waals surface area contributed by atoms with Crippen LogP contribution in [0.5, 0.6) is 0 Å². The number of carboxylic acid groups (broad SMARTS) is 1. The minimum atomic E-state index is -1.16. The van der Waals surface area contributed by atoms with Gasteiger partial charge in [-0.3, -0.25) is 9.59 Å². The first-order valence-electron chi connectivity index (χ1n) is 11.5. The molecular weight excluding hydrogens is 368 g/mol. The summed E-state index contributed by atoms with van der Waals surface area (Å²) < 4.78 is 0. The van der Waals surface area contributed by atoms with Crippen molar-refractivity contribution in [3.05, 3.63) is 12.2 Å². The fourth-order valence-corrected chi connectivity index (χ4v) is 3.23. The van der Waals surface area contributed by atoms with Crippen LogP contribution < -0.4 is 11.1 Å². The van der Waals surface area contributed by atoms with E-state index < -0.39 is 23.8 Å². The number of unbranched alkanes of at least 4 members (excludes halogenated alkanes) is 13. The van der Waals surface area contributed by atoms with Gasteiger partial charge in [0.15, 0.2) is 0 Å². The van der Waals surface area contributed by atoms with Crippen molar-refractivity contribution in [1.29, 1.82) is 0 Å². The van der Waals surface area contributed by atoms with E-state index in [0.29, 0.717) is 0 Å². The number of hydrogen-bond donors (Lipinski definition) is 3. The third-order valence-corrected chi connectivity index (χ3v) is 5.04. The molecule has 0 bridgehead atoms. The Morgan fingerprint density at radius 1 is 0.862 bits per heavy atom. The van der Waals surface area contributed by atoms with Gasteiger partial charge < -0.3 is 16.2 Å². The zero-order valence-corrected chi connectivity index (χ0v) is 18.3. The molecule has 0 aromatic rings. The number of rotatable bonds is 20. The first-order chi connectivity index (χ1) is 14.0. The molecule has 2 amide bonds. The maximum atomic E-state index is 11.8. The number of carbonyl (C=O) groups is 3. The molecular formula is C23H42N2O4. The Labute approximate surface area is 176 Å². The highest BCUT2D eigenvalue weighted by Gasteiger charge is 2.19. The molecule has 0 saturated heterocycles. The van der Waals surface area contributed by atoms with Crippen molar-refractivity contribution in [2.75, 3.05) is 0 Å². The van der Waals surface area contributed by atoms with Gasteiger partial charge in [0, 0.05) is 6.42 Å². The lowest BCUT2D eigenvalue weighted by Gasteiger charge is -2.11. The smallest absolute Gasteiger partial charge is 0.326 e. The molecule has 0 aliphatic carbocycles. The van der Waals surface area contributed by atoms with Crippen LogP contribution in [0.1, 0.15) is 110 Å². The summed E-state index contributed by atoms with van der Waals surface area (Å²) in [5.41, 5.74) is 5.01. The summed E-state index contributed by atoms with van der Waals surface area (Å²) in [6.07, 6.45) is 20.8. The third-order valence-electron chi connectivity index (χ3n) is 5.04. The average molecular weight is 411 g/mol. The van der Waals surface area contributed by atoms with Crippen LogP contribution in [0.25, 0.3) is 0 Å². The molecule has 1 atom stereocenters. The second-order valence-corrected chi connectivity index (χ2v) is 7.84. The fourth-order valence-electron chi connectivity index (χ4n) is 3.23. The van der Waals surface area contributed by atoms with Gasteiger partial charge >= 0.3 is 5.97 Å². The minimum Gasteiger partial charge on any atom is -0.480 e. The number of carbonyl (C=O) groups excluding carboxylic acids is 2. The Morgan fingerprint density at radius 2 is 1.34 bits per heavy atom. The van der Waals surface area contributed by atoms with Crippen LogP contribution >= 0.6 is 0 Å². The van der Waals surface area contributed by atoms with Gasteiger partial charge in [-0.05, 0) is 25.3 Å². The summed E-state index contributed by atoms with van der Waals surface area (Å²) in [6, 6.07) is -1.09. The Bertz CT molecular complexity index is 477. The maximum Gasteiger partial charge on any atom is 0.326 e. The predicted molar refractivity (Wildman–Crippen MR) is 117 cm³/mol. The van der Waals surface area contributed by atoms with Crippen molar-refractivity contribution < 1.29 is 19.5 Å². The van der Waals surface area contributed by atoms with Crippen molar-refractivity contribution in [3.63, 3.8) is 0 Å². The largest absolute Gasteiger partial charge is 0.480 e. The van der Waals surface area contributed by atoms with E-state index >= 15 is 0 Å². The molecule has 0 heterocycles. The topological polar surface area (TPSA) is 109 Å². The fraction of sp³-hybridized carbons (Fsp3) is 0.783. The molecule has 6 nitrogen and oxygen atoms in total. The zero-order chi connectivity index (χ0) is 21.7. The predicted octanol–water partition coefficient (Wildman–Crippen LogP) is 4.86. The van der Waals surface area contributed by atoms with E-state index in [2.05, 4.69) is 12.2 Å². The number of nitrogens with one attached hydrogen (secondary N) is 1. The molecule has 0 aliphatic rings. The number of allylic oxidation sites excluding steroid dienone is 1. The van der Waals surface area contributed by atoms with Crippen LogP contribution in [-0.4, -0.2) is 28.9 Å². The number of primary amides is 1. The van der Waals surface area contributed by atoms with Gasteiger partial charge in [0.05, 0.1) is 0 Å². The third kappa shape index (κ3) is 19.2. The van der Waals surface area contributed by atoms with E-state index in [-0.39, 0.29) is 12.8 Å². The van der Waals surface area contributed by atoms with E-state index in [1.807, 2.05) is 0 Å². The summed E-state index contributed by atoms with van der Waals surface area (Å²) >= 11 is 0. The summed E-state index contributed by atoms with van der Waals surface area (Å²) in [5, 5.41) is 11.4. The number of nitrogens with two attached hydrogens (primary N) is 1. The summed E-state index contributed by atoms with van der Waals surface area (Å²) in [4.78, 5) is 33.6. The van der Waals surface area contributed by atoms with Crippen molar-refractivity contribution in [2.24, 2.45) is 5.73 Å². The van der Waals surface area contributed by atoms with Gasteiger partial charge in [0.1, 0.15) is 6.04 Å². The van der Waals surface area contributed by atoms with Crippen LogP contribution in [0.4, 0.5) is 0 Å². The number of aliphatic carboxylic acids is 1. The molecule has 6 heteroatoms. The zero-order valence-electron chi connectivity index (χ0n) is 18.3. The molecule has 0 rings (SSSR count). The molecule has 0 fully saturated rings. The number of carboxylic acids is 1. The molecule has 0 saturated carbocycles. The van der Waals surface area contributed by atoms with Gasteiger partial charge in [-0.25, -0.2) is 4.79 Å². The Kier molecular flexibility index (Phi) is 18.2. The highest BCUT2D eigenvalue weighted by Crippen LogP contribution is 2.13. The lowest BCUT2D eigenvalue weighted by atomic mass is 10.0. The SMILES string of the molecule is CCCCCCCCCCCCCCCC=CC(=O)N[C@@H](CCC(N)=O)C(=O)O. The molecule has 0 unspecified atom stereocenters. The van der Waals surface area contributed by atoms with E-state index in [1.165, 1.54) is 76.7 Å². The molecule has 0 aromatic carbocycles. The van der Waals surface area contributed by atoms with Crippen molar-refractivity contribution >= 4 is 17.8 Å². The molecule has 29 heavy (non-hydrogen) atoms. The van der Waals surface area contributed by atoms with Crippen molar-refractivity contribution in [1.82, 2.24) is 5.32 Å². The van der Waals surface area contributed by atoms with Crippen LogP contribution in [0.3, 0.4) is 0 Å². The number of amides is 2. The van der Waals surface area contributed by atoms with Gasteiger partial charge in [-0.2, -0.15) is 0 Å². The molecule has 0 spiro atoms. The Hall–Kier alpha value is -1.85. The van der Waals surface area contributed by atoms with Crippen LogP contribution in [0, 0.1) is 0 Å². The highest BCUT2D eigenvalue weighted by atomic mass is 16.4. The number of hydrogen-bond acceptors (Lipinski definition) is 3. The lowest BCUT2D eigenvalue weighted by Crippen LogP contribution is -2.40.